The Morgan fingerprint density at radius 1 is 1.17 bits per heavy atom. The summed E-state index contributed by atoms with van der Waals surface area (Å²) in [6.45, 7) is 0. The van der Waals surface area contributed by atoms with Crippen molar-refractivity contribution in [2.45, 2.75) is 10.4 Å². The average Bonchev–Trinajstić information content (AvgIpc) is 1.91. The number of hydrogen-bond acceptors (Lipinski definition) is 1. The van der Waals surface area contributed by atoms with E-state index in [4.69, 9.17) is 11.6 Å². The third-order valence-corrected chi connectivity index (χ3v) is 2.31. The molecule has 0 bridgehead atoms. The average molecular weight is 213 g/mol. The van der Waals surface area contributed by atoms with Gasteiger partial charge in [-0.05, 0) is 23.9 Å². The van der Waals surface area contributed by atoms with Crippen LogP contribution in [0.3, 0.4) is 0 Å². The fourth-order valence-electron chi connectivity index (χ4n) is 0.652. The molecule has 12 heavy (non-hydrogen) atoms. The molecule has 0 fully saturated rings. The molecule has 1 aromatic rings. The van der Waals surface area contributed by atoms with Crippen LogP contribution in [0.25, 0.3) is 0 Å². The molecule has 0 heterocycles. The highest BCUT2D eigenvalue weighted by Crippen LogP contribution is 2.39. The molecule has 0 spiro atoms. The fraction of sp³-hybridized carbons (Fsp3) is 0.143. The molecule has 5 heteroatoms. The summed E-state index contributed by atoms with van der Waals surface area (Å²) in [5, 5.41) is 0.125. The minimum Gasteiger partial charge on any atom is -0.160 e. The largest absolute Gasteiger partial charge is 0.446 e. The summed E-state index contributed by atoms with van der Waals surface area (Å²) in [5.41, 5.74) is -4.27. The van der Waals surface area contributed by atoms with Crippen molar-refractivity contribution in [3.05, 3.63) is 29.3 Å². The van der Waals surface area contributed by atoms with Crippen LogP contribution in [-0.4, -0.2) is 5.51 Å². The second-order valence-electron chi connectivity index (χ2n) is 1.98. The van der Waals surface area contributed by atoms with E-state index in [1.807, 2.05) is 0 Å². The smallest absolute Gasteiger partial charge is 0.160 e. The van der Waals surface area contributed by atoms with Gasteiger partial charge in [0, 0.05) is 4.90 Å². The summed E-state index contributed by atoms with van der Waals surface area (Å²) in [5.74, 6) is 0. The normalized spacial score (nSPS) is 11.7. The second kappa shape index (κ2) is 3.58. The summed E-state index contributed by atoms with van der Waals surface area (Å²) in [6, 6.07) is 5.86. The minimum absolute atomic E-state index is 0.0340. The molecule has 1 rings (SSSR count). The first-order valence-electron chi connectivity index (χ1n) is 2.99. The molecule has 0 unspecified atom stereocenters. The highest BCUT2D eigenvalue weighted by molar-refractivity contribution is 8.00. The molecule has 0 N–H and O–H groups in total. The second-order valence-corrected chi connectivity index (χ2v) is 3.49. The lowest BCUT2D eigenvalue weighted by Gasteiger charge is -2.05. The lowest BCUT2D eigenvalue weighted by molar-refractivity contribution is -0.0328. The van der Waals surface area contributed by atoms with Crippen LogP contribution < -0.4 is 0 Å². The van der Waals surface area contributed by atoms with E-state index < -0.39 is 5.51 Å². The van der Waals surface area contributed by atoms with Crippen LogP contribution in [0.15, 0.2) is 29.2 Å². The highest BCUT2D eigenvalue weighted by atomic mass is 35.5. The lowest BCUT2D eigenvalue weighted by atomic mass is 10.4. The van der Waals surface area contributed by atoms with Crippen LogP contribution in [0, 0.1) is 0 Å². The minimum atomic E-state index is -4.27. The van der Waals surface area contributed by atoms with Crippen LogP contribution in [0.1, 0.15) is 0 Å². The standard InChI is InChI=1S/C7H4ClF3S/c8-5-3-1-2-4-6(5)12-7(9,10)11/h1-4H. The molecule has 0 saturated carbocycles. The van der Waals surface area contributed by atoms with Gasteiger partial charge in [0.25, 0.3) is 0 Å². The van der Waals surface area contributed by atoms with Crippen molar-refractivity contribution in [1.82, 2.24) is 0 Å². The Kier molecular flexibility index (Phi) is 2.90. The molecular formula is C7H4ClF3S. The van der Waals surface area contributed by atoms with Crippen LogP contribution >= 0.6 is 23.4 Å². The van der Waals surface area contributed by atoms with Gasteiger partial charge in [-0.25, -0.2) is 0 Å². The SMILES string of the molecule is FC(F)(F)Sc1ccccc1Cl. The van der Waals surface area contributed by atoms with E-state index in [1.165, 1.54) is 18.2 Å². The molecule has 0 saturated heterocycles. The maximum absolute atomic E-state index is 11.8. The number of alkyl halides is 3. The van der Waals surface area contributed by atoms with Crippen molar-refractivity contribution < 1.29 is 13.2 Å². The molecule has 0 amide bonds. The Labute approximate surface area is 76.7 Å². The van der Waals surface area contributed by atoms with Gasteiger partial charge in [-0.15, -0.1) is 0 Å². The first-order chi connectivity index (χ1) is 5.49. The summed E-state index contributed by atoms with van der Waals surface area (Å²) in [4.78, 5) is 0.0340. The number of hydrogen-bond donors (Lipinski definition) is 0. The van der Waals surface area contributed by atoms with Crippen molar-refractivity contribution >= 4 is 23.4 Å². The van der Waals surface area contributed by atoms with Crippen molar-refractivity contribution in [3.63, 3.8) is 0 Å². The van der Waals surface area contributed by atoms with Crippen LogP contribution in [-0.2, 0) is 0 Å². The summed E-state index contributed by atoms with van der Waals surface area (Å²) in [6.07, 6.45) is 0. The number of halogens is 4. The van der Waals surface area contributed by atoms with Crippen molar-refractivity contribution in [2.75, 3.05) is 0 Å². The molecule has 0 radical (unpaired) electrons. The number of rotatable bonds is 1. The van der Waals surface area contributed by atoms with E-state index in [2.05, 4.69) is 0 Å². The molecule has 0 atom stereocenters. The maximum atomic E-state index is 11.8. The molecular weight excluding hydrogens is 209 g/mol. The fourth-order valence-corrected chi connectivity index (χ4v) is 1.47. The van der Waals surface area contributed by atoms with Gasteiger partial charge in [0.05, 0.1) is 5.02 Å². The van der Waals surface area contributed by atoms with Gasteiger partial charge in [-0.3, -0.25) is 0 Å². The molecule has 0 aliphatic rings. The van der Waals surface area contributed by atoms with Gasteiger partial charge in [0.1, 0.15) is 0 Å². The Balaban J connectivity index is 2.83. The predicted octanol–water partition coefficient (Wildman–Crippen LogP) is 3.95. The number of benzene rings is 1. The topological polar surface area (TPSA) is 0 Å². The maximum Gasteiger partial charge on any atom is 0.446 e. The Morgan fingerprint density at radius 2 is 1.75 bits per heavy atom. The van der Waals surface area contributed by atoms with Gasteiger partial charge in [0.15, 0.2) is 0 Å². The summed E-state index contributed by atoms with van der Waals surface area (Å²) >= 11 is 5.30. The number of thioether (sulfide) groups is 1. The van der Waals surface area contributed by atoms with Crippen LogP contribution in [0.2, 0.25) is 5.02 Å². The van der Waals surface area contributed by atoms with E-state index in [0.29, 0.717) is 0 Å². The van der Waals surface area contributed by atoms with E-state index >= 15 is 0 Å². The van der Waals surface area contributed by atoms with Gasteiger partial charge in [0.2, 0.25) is 0 Å². The first kappa shape index (κ1) is 9.74. The zero-order valence-corrected chi connectivity index (χ0v) is 7.30. The summed E-state index contributed by atoms with van der Waals surface area (Å²) in [7, 11) is 0. The van der Waals surface area contributed by atoms with Crippen molar-refractivity contribution in [2.24, 2.45) is 0 Å². The molecule has 0 aromatic heterocycles. The zero-order valence-electron chi connectivity index (χ0n) is 5.73. The molecule has 66 valence electrons. The van der Waals surface area contributed by atoms with Crippen molar-refractivity contribution in [1.29, 1.82) is 0 Å². The third kappa shape index (κ3) is 2.95. The van der Waals surface area contributed by atoms with E-state index in [-0.39, 0.29) is 21.7 Å². The van der Waals surface area contributed by atoms with Crippen LogP contribution in [0.5, 0.6) is 0 Å². The molecule has 0 aliphatic carbocycles. The monoisotopic (exact) mass is 212 g/mol. The van der Waals surface area contributed by atoms with E-state index in [0.717, 1.165) is 0 Å². The van der Waals surface area contributed by atoms with Gasteiger partial charge >= 0.3 is 5.51 Å². The third-order valence-electron chi connectivity index (χ3n) is 1.06. The van der Waals surface area contributed by atoms with Crippen LogP contribution in [0.4, 0.5) is 13.2 Å². The first-order valence-corrected chi connectivity index (χ1v) is 4.19. The molecule has 0 nitrogen and oxygen atoms in total. The van der Waals surface area contributed by atoms with E-state index in [9.17, 15) is 13.2 Å². The van der Waals surface area contributed by atoms with Crippen molar-refractivity contribution in [3.8, 4) is 0 Å². The Bertz CT molecular complexity index is 272. The van der Waals surface area contributed by atoms with Gasteiger partial charge in [-0.2, -0.15) is 13.2 Å². The zero-order chi connectivity index (χ0) is 9.19. The lowest BCUT2D eigenvalue weighted by Crippen LogP contribution is -1.98. The van der Waals surface area contributed by atoms with Gasteiger partial charge < -0.3 is 0 Å². The summed E-state index contributed by atoms with van der Waals surface area (Å²) < 4.78 is 35.5. The molecule has 0 aliphatic heterocycles. The predicted molar refractivity (Wildman–Crippen MR) is 43.4 cm³/mol. The molecule has 1 aromatic carbocycles. The quantitative estimate of drug-likeness (QED) is 0.635. The Hall–Kier alpha value is -0.350. The van der Waals surface area contributed by atoms with Gasteiger partial charge in [-0.1, -0.05) is 23.7 Å². The Morgan fingerprint density at radius 3 is 2.25 bits per heavy atom. The van der Waals surface area contributed by atoms with E-state index in [1.54, 1.807) is 6.07 Å². The highest BCUT2D eigenvalue weighted by Gasteiger charge is 2.29.